The molecule has 3 aliphatic rings. The molecule has 1 heterocycles. The van der Waals surface area contributed by atoms with Gasteiger partial charge in [0.25, 0.3) is 0 Å². The summed E-state index contributed by atoms with van der Waals surface area (Å²) in [6.07, 6.45) is 12.7. The second kappa shape index (κ2) is 13.4. The van der Waals surface area contributed by atoms with Crippen LogP contribution in [-0.2, 0) is 0 Å². The molecule has 5 rings (SSSR count). The van der Waals surface area contributed by atoms with Crippen LogP contribution in [0.15, 0.2) is 72.8 Å². The average Bonchev–Trinajstić information content (AvgIpc) is 3.68. The molecule has 38 heavy (non-hydrogen) atoms. The molecular formula is C32H42N2O4. The van der Waals surface area contributed by atoms with Gasteiger partial charge in [0.15, 0.2) is 0 Å². The lowest BCUT2D eigenvalue weighted by Crippen LogP contribution is -2.51. The van der Waals surface area contributed by atoms with Crippen molar-refractivity contribution in [2.24, 2.45) is 0 Å². The number of hydrogen-bond donors (Lipinski definition) is 2. The highest BCUT2D eigenvalue weighted by Crippen LogP contribution is 2.30. The maximum Gasteiger partial charge on any atom is 0.119 e. The number of piperazine rings is 1. The van der Waals surface area contributed by atoms with Crippen LogP contribution in [0.2, 0.25) is 0 Å². The number of β-amino-alcohol motifs (C(OH)–C–C–N with tert-alkyl or cyclic N) is 2. The van der Waals surface area contributed by atoms with Crippen LogP contribution >= 0.6 is 0 Å². The Bertz CT molecular complexity index is 959. The summed E-state index contributed by atoms with van der Waals surface area (Å²) in [4.78, 5) is 4.54. The van der Waals surface area contributed by atoms with E-state index in [-0.39, 0.29) is 13.2 Å². The minimum atomic E-state index is -0.533. The minimum Gasteiger partial charge on any atom is -0.491 e. The van der Waals surface area contributed by atoms with E-state index in [0.29, 0.717) is 24.9 Å². The number of aliphatic hydroxyl groups excluding tert-OH is 2. The molecule has 1 fully saturated rings. The highest BCUT2D eigenvalue weighted by Gasteiger charge is 2.22. The van der Waals surface area contributed by atoms with E-state index in [2.05, 4.69) is 58.4 Å². The lowest BCUT2D eigenvalue weighted by molar-refractivity contribution is 0.0240. The molecule has 0 spiro atoms. The van der Waals surface area contributed by atoms with Crippen LogP contribution in [0.25, 0.3) is 0 Å². The molecule has 2 aromatic carbocycles. The quantitative estimate of drug-likeness (QED) is 0.408. The Balaban J connectivity index is 0.952. The molecule has 4 atom stereocenters. The molecule has 2 aliphatic carbocycles. The predicted octanol–water partition coefficient (Wildman–Crippen LogP) is 4.35. The van der Waals surface area contributed by atoms with Crippen molar-refractivity contribution >= 4 is 0 Å². The van der Waals surface area contributed by atoms with Crippen molar-refractivity contribution in [2.45, 2.75) is 49.7 Å². The smallest absolute Gasteiger partial charge is 0.119 e. The molecule has 2 N–H and O–H groups in total. The van der Waals surface area contributed by atoms with Crippen molar-refractivity contribution in [2.75, 3.05) is 52.5 Å². The van der Waals surface area contributed by atoms with E-state index >= 15 is 0 Å². The first-order chi connectivity index (χ1) is 18.6. The Morgan fingerprint density at radius 3 is 1.37 bits per heavy atom. The number of ether oxygens (including phenoxy) is 2. The third-order valence-corrected chi connectivity index (χ3v) is 7.93. The Labute approximate surface area is 227 Å². The number of hydrogen-bond acceptors (Lipinski definition) is 6. The number of nitrogens with zero attached hydrogens (tertiary/aromatic N) is 2. The van der Waals surface area contributed by atoms with Crippen LogP contribution in [-0.4, -0.2) is 84.7 Å². The Kier molecular flexibility index (Phi) is 9.52. The van der Waals surface area contributed by atoms with Crippen molar-refractivity contribution in [3.63, 3.8) is 0 Å². The Hall–Kier alpha value is -2.64. The van der Waals surface area contributed by atoms with E-state index in [1.54, 1.807) is 0 Å². The molecule has 6 nitrogen and oxygen atoms in total. The van der Waals surface area contributed by atoms with Gasteiger partial charge in [-0.1, -0.05) is 48.6 Å². The molecule has 6 heteroatoms. The Morgan fingerprint density at radius 1 is 0.632 bits per heavy atom. The monoisotopic (exact) mass is 518 g/mol. The summed E-state index contributed by atoms with van der Waals surface area (Å²) in [5, 5.41) is 21.0. The molecule has 0 aromatic heterocycles. The van der Waals surface area contributed by atoms with E-state index in [4.69, 9.17) is 9.47 Å². The lowest BCUT2D eigenvalue weighted by Gasteiger charge is -2.36. The van der Waals surface area contributed by atoms with E-state index in [0.717, 1.165) is 50.5 Å². The van der Waals surface area contributed by atoms with E-state index in [1.807, 2.05) is 24.3 Å². The van der Waals surface area contributed by atoms with Gasteiger partial charge in [-0.2, -0.15) is 0 Å². The molecule has 204 valence electrons. The fourth-order valence-corrected chi connectivity index (χ4v) is 5.68. The summed E-state index contributed by atoms with van der Waals surface area (Å²) in [6.45, 7) is 5.23. The summed E-state index contributed by atoms with van der Waals surface area (Å²) in [7, 11) is 0. The van der Waals surface area contributed by atoms with Gasteiger partial charge in [0.1, 0.15) is 36.9 Å². The first kappa shape index (κ1) is 26.9. The Morgan fingerprint density at radius 2 is 1.03 bits per heavy atom. The summed E-state index contributed by atoms with van der Waals surface area (Å²) >= 11 is 0. The van der Waals surface area contributed by atoms with Crippen molar-refractivity contribution in [1.82, 2.24) is 9.80 Å². The number of aliphatic hydroxyl groups is 2. The van der Waals surface area contributed by atoms with E-state index in [1.165, 1.54) is 24.0 Å². The standard InChI is InChI=1S/C32H42N2O4/c35-29(23-37-31-13-9-27(10-14-31)25-5-1-2-6-25)21-33-17-19-34(20-18-33)22-30(36)24-38-32-15-11-28(12-16-32)26-7-3-4-8-26/h1,3,5,7,9-16,25-26,29-30,35-36H,2,4,6,8,17-24H2/t25-,26+,29-,30+. The first-order valence-corrected chi connectivity index (χ1v) is 14.2. The lowest BCUT2D eigenvalue weighted by atomic mass is 9.99. The number of benzene rings is 2. The van der Waals surface area contributed by atoms with Crippen molar-refractivity contribution in [3.05, 3.63) is 84.0 Å². The zero-order chi connectivity index (χ0) is 26.2. The van der Waals surface area contributed by atoms with Gasteiger partial charge >= 0.3 is 0 Å². The molecular weight excluding hydrogens is 476 g/mol. The molecule has 0 unspecified atom stereocenters. The second-order valence-corrected chi connectivity index (χ2v) is 10.9. The topological polar surface area (TPSA) is 65.4 Å². The normalized spacial score (nSPS) is 23.5. The summed E-state index contributed by atoms with van der Waals surface area (Å²) in [5.41, 5.74) is 2.65. The molecule has 0 radical (unpaired) electrons. The van der Waals surface area contributed by atoms with Crippen LogP contribution < -0.4 is 9.47 Å². The van der Waals surface area contributed by atoms with Gasteiger partial charge in [-0.25, -0.2) is 0 Å². The van der Waals surface area contributed by atoms with Gasteiger partial charge in [0.05, 0.1) is 0 Å². The van der Waals surface area contributed by atoms with Crippen LogP contribution in [0.1, 0.15) is 48.6 Å². The molecule has 1 aliphatic heterocycles. The highest BCUT2D eigenvalue weighted by molar-refractivity contribution is 5.33. The number of allylic oxidation sites excluding steroid dienone is 4. The average molecular weight is 519 g/mol. The largest absolute Gasteiger partial charge is 0.491 e. The number of rotatable bonds is 12. The van der Waals surface area contributed by atoms with Crippen LogP contribution in [0, 0.1) is 0 Å². The highest BCUT2D eigenvalue weighted by atomic mass is 16.5. The predicted molar refractivity (Wildman–Crippen MR) is 151 cm³/mol. The van der Waals surface area contributed by atoms with Crippen molar-refractivity contribution in [3.8, 4) is 11.5 Å². The SMILES string of the molecule is O[C@H](COc1ccc([C@H]2C=CCC2)cc1)CN1CCN(C[C@@H](O)COc2ccc([C@@H]3C=CCC3)cc2)CC1. The summed E-state index contributed by atoms with van der Waals surface area (Å²) < 4.78 is 11.7. The van der Waals surface area contributed by atoms with Gasteiger partial charge in [-0.15, -0.1) is 0 Å². The summed E-state index contributed by atoms with van der Waals surface area (Å²) in [6, 6.07) is 16.5. The molecule has 1 saturated heterocycles. The van der Waals surface area contributed by atoms with E-state index < -0.39 is 12.2 Å². The third-order valence-electron chi connectivity index (χ3n) is 7.93. The van der Waals surface area contributed by atoms with Gasteiger partial charge in [0.2, 0.25) is 0 Å². The third kappa shape index (κ3) is 7.70. The van der Waals surface area contributed by atoms with Gasteiger partial charge in [-0.3, -0.25) is 9.80 Å². The van der Waals surface area contributed by atoms with Crippen molar-refractivity contribution < 1.29 is 19.7 Å². The second-order valence-electron chi connectivity index (χ2n) is 10.9. The van der Waals surface area contributed by atoms with Crippen LogP contribution in [0.5, 0.6) is 11.5 Å². The van der Waals surface area contributed by atoms with Gasteiger partial charge in [0, 0.05) is 51.1 Å². The minimum absolute atomic E-state index is 0.289. The molecule has 0 saturated carbocycles. The zero-order valence-corrected chi connectivity index (χ0v) is 22.3. The first-order valence-electron chi connectivity index (χ1n) is 14.2. The van der Waals surface area contributed by atoms with E-state index in [9.17, 15) is 10.2 Å². The maximum atomic E-state index is 10.5. The van der Waals surface area contributed by atoms with Gasteiger partial charge in [-0.05, 0) is 61.1 Å². The van der Waals surface area contributed by atoms with Crippen LogP contribution in [0.3, 0.4) is 0 Å². The fourth-order valence-electron chi connectivity index (χ4n) is 5.68. The maximum absolute atomic E-state index is 10.5. The zero-order valence-electron chi connectivity index (χ0n) is 22.3. The molecule has 2 aromatic rings. The van der Waals surface area contributed by atoms with Crippen molar-refractivity contribution in [1.29, 1.82) is 0 Å². The fraction of sp³-hybridized carbons (Fsp3) is 0.500. The summed E-state index contributed by atoms with van der Waals surface area (Å²) in [5.74, 6) is 2.66. The van der Waals surface area contributed by atoms with Gasteiger partial charge < -0.3 is 19.7 Å². The van der Waals surface area contributed by atoms with Crippen LogP contribution in [0.4, 0.5) is 0 Å². The molecule has 0 bridgehead atoms. The molecule has 0 amide bonds.